The van der Waals surface area contributed by atoms with Crippen molar-refractivity contribution in [3.8, 4) is 6.07 Å². The largest absolute Gasteiger partial charge is 0.317 e. The van der Waals surface area contributed by atoms with E-state index in [1.165, 1.54) is 6.42 Å². The van der Waals surface area contributed by atoms with Gasteiger partial charge in [0.2, 0.25) is 0 Å². The fourth-order valence-corrected chi connectivity index (χ4v) is 1.89. The third-order valence-electron chi connectivity index (χ3n) is 3.00. The summed E-state index contributed by atoms with van der Waals surface area (Å²) in [5.74, 6) is 0.722. The Balaban J connectivity index is 2.44. The van der Waals surface area contributed by atoms with E-state index in [9.17, 15) is 5.26 Å². The second kappa shape index (κ2) is 4.62. The van der Waals surface area contributed by atoms with Crippen LogP contribution in [0.2, 0.25) is 0 Å². The zero-order valence-electron chi connectivity index (χ0n) is 8.77. The third-order valence-corrected chi connectivity index (χ3v) is 3.00. The molecule has 0 aliphatic carbocycles. The molecule has 1 N–H and O–H groups in total. The van der Waals surface area contributed by atoms with Crippen molar-refractivity contribution in [2.24, 2.45) is 11.3 Å². The van der Waals surface area contributed by atoms with E-state index in [0.717, 1.165) is 38.3 Å². The molecule has 74 valence electrons. The van der Waals surface area contributed by atoms with Gasteiger partial charge < -0.3 is 5.32 Å². The minimum atomic E-state index is -0.00444. The average molecular weight is 180 g/mol. The van der Waals surface area contributed by atoms with Gasteiger partial charge in [0.05, 0.1) is 11.5 Å². The van der Waals surface area contributed by atoms with Gasteiger partial charge in [0.25, 0.3) is 0 Å². The molecule has 0 unspecified atom stereocenters. The van der Waals surface area contributed by atoms with E-state index in [2.05, 4.69) is 25.2 Å². The van der Waals surface area contributed by atoms with Gasteiger partial charge in [0.1, 0.15) is 0 Å². The third kappa shape index (κ3) is 3.00. The zero-order chi connectivity index (χ0) is 9.73. The van der Waals surface area contributed by atoms with Crippen LogP contribution in [0.4, 0.5) is 0 Å². The lowest BCUT2D eigenvalue weighted by atomic mass is 9.75. The number of nitriles is 1. The average Bonchev–Trinajstić information content (AvgIpc) is 2.16. The summed E-state index contributed by atoms with van der Waals surface area (Å²) in [5.41, 5.74) is -0.00444. The van der Waals surface area contributed by atoms with Crippen LogP contribution in [0.3, 0.4) is 0 Å². The fourth-order valence-electron chi connectivity index (χ4n) is 1.89. The van der Waals surface area contributed by atoms with Crippen molar-refractivity contribution in [2.45, 2.75) is 39.5 Å². The maximum atomic E-state index is 9.18. The molecule has 0 aromatic heterocycles. The zero-order valence-corrected chi connectivity index (χ0v) is 8.77. The van der Waals surface area contributed by atoms with Crippen molar-refractivity contribution in [1.29, 1.82) is 5.26 Å². The summed E-state index contributed by atoms with van der Waals surface area (Å²) in [5, 5.41) is 12.5. The maximum Gasteiger partial charge on any atom is 0.0690 e. The molecule has 1 heterocycles. The highest BCUT2D eigenvalue weighted by Crippen LogP contribution is 2.34. The van der Waals surface area contributed by atoms with Gasteiger partial charge in [-0.15, -0.1) is 0 Å². The summed E-state index contributed by atoms with van der Waals surface area (Å²) in [7, 11) is 0. The first-order valence-electron chi connectivity index (χ1n) is 5.30. The molecule has 1 rings (SSSR count). The highest BCUT2D eigenvalue weighted by Gasteiger charge is 2.31. The first kappa shape index (κ1) is 10.5. The van der Waals surface area contributed by atoms with Crippen molar-refractivity contribution >= 4 is 0 Å². The topological polar surface area (TPSA) is 35.8 Å². The molecule has 0 aromatic carbocycles. The number of rotatable bonds is 3. The molecule has 0 bridgehead atoms. The van der Waals surface area contributed by atoms with Gasteiger partial charge in [-0.1, -0.05) is 13.8 Å². The predicted octanol–water partition coefficient (Wildman–Crippen LogP) is 2.32. The Morgan fingerprint density at radius 3 is 2.46 bits per heavy atom. The molecule has 2 nitrogen and oxygen atoms in total. The Hall–Kier alpha value is -0.550. The van der Waals surface area contributed by atoms with Gasteiger partial charge in [0, 0.05) is 0 Å². The first-order valence-corrected chi connectivity index (χ1v) is 5.30. The molecule has 0 radical (unpaired) electrons. The molecule has 0 spiro atoms. The normalized spacial score (nSPS) is 21.4. The van der Waals surface area contributed by atoms with Crippen molar-refractivity contribution in [3.05, 3.63) is 0 Å². The number of nitrogens with one attached hydrogen (secondary N) is 1. The summed E-state index contributed by atoms with van der Waals surface area (Å²) >= 11 is 0. The van der Waals surface area contributed by atoms with Crippen LogP contribution >= 0.6 is 0 Å². The molecular formula is C11H20N2. The van der Waals surface area contributed by atoms with Gasteiger partial charge >= 0.3 is 0 Å². The monoisotopic (exact) mass is 180 g/mol. The van der Waals surface area contributed by atoms with Crippen LogP contribution in [0.15, 0.2) is 0 Å². The maximum absolute atomic E-state index is 9.18. The summed E-state index contributed by atoms with van der Waals surface area (Å²) < 4.78 is 0. The van der Waals surface area contributed by atoms with Crippen LogP contribution in [-0.2, 0) is 0 Å². The first-order chi connectivity index (χ1) is 6.18. The standard InChI is InChI=1S/C11H20N2/c1-10(2)3-4-11(9-12)5-7-13-8-6-11/h10,13H,3-8H2,1-2H3. The number of piperidine rings is 1. The second-order valence-corrected chi connectivity index (χ2v) is 4.57. The van der Waals surface area contributed by atoms with Crippen molar-refractivity contribution in [2.75, 3.05) is 13.1 Å². The lowest BCUT2D eigenvalue weighted by Gasteiger charge is -2.31. The van der Waals surface area contributed by atoms with Crippen molar-refractivity contribution in [1.82, 2.24) is 5.32 Å². The molecule has 1 fully saturated rings. The van der Waals surface area contributed by atoms with Crippen LogP contribution in [0, 0.1) is 22.7 Å². The molecule has 0 atom stereocenters. The quantitative estimate of drug-likeness (QED) is 0.723. The molecule has 1 aliphatic rings. The Morgan fingerprint density at radius 2 is 2.00 bits per heavy atom. The van der Waals surface area contributed by atoms with Gasteiger partial charge in [-0.2, -0.15) is 5.26 Å². The smallest absolute Gasteiger partial charge is 0.0690 e. The molecule has 0 amide bonds. The van der Waals surface area contributed by atoms with Crippen molar-refractivity contribution < 1.29 is 0 Å². The van der Waals surface area contributed by atoms with E-state index in [1.807, 2.05) is 0 Å². The van der Waals surface area contributed by atoms with Crippen LogP contribution in [-0.4, -0.2) is 13.1 Å². The number of hydrogen-bond donors (Lipinski definition) is 1. The molecule has 1 saturated heterocycles. The van der Waals surface area contributed by atoms with Crippen LogP contribution in [0.5, 0.6) is 0 Å². The molecule has 0 aromatic rings. The van der Waals surface area contributed by atoms with E-state index in [4.69, 9.17) is 0 Å². The van der Waals surface area contributed by atoms with Crippen LogP contribution < -0.4 is 5.32 Å². The van der Waals surface area contributed by atoms with Crippen molar-refractivity contribution in [3.63, 3.8) is 0 Å². The van der Waals surface area contributed by atoms with Gasteiger partial charge in [-0.05, 0) is 44.7 Å². The summed E-state index contributed by atoms with van der Waals surface area (Å²) in [6.07, 6.45) is 4.35. The van der Waals surface area contributed by atoms with E-state index in [1.54, 1.807) is 0 Å². The minimum absolute atomic E-state index is 0.00444. The SMILES string of the molecule is CC(C)CCC1(C#N)CCNCC1. The van der Waals surface area contributed by atoms with Crippen LogP contribution in [0.25, 0.3) is 0 Å². The fraction of sp³-hybridized carbons (Fsp3) is 0.909. The Bertz CT molecular complexity index is 185. The number of nitrogens with zero attached hydrogens (tertiary/aromatic N) is 1. The van der Waals surface area contributed by atoms with Gasteiger partial charge in [0.15, 0.2) is 0 Å². The van der Waals surface area contributed by atoms with Gasteiger partial charge in [-0.3, -0.25) is 0 Å². The lowest BCUT2D eigenvalue weighted by Crippen LogP contribution is -2.35. The Morgan fingerprint density at radius 1 is 1.38 bits per heavy atom. The lowest BCUT2D eigenvalue weighted by molar-refractivity contribution is 0.246. The van der Waals surface area contributed by atoms with Gasteiger partial charge in [-0.25, -0.2) is 0 Å². The summed E-state index contributed by atoms with van der Waals surface area (Å²) in [6, 6.07) is 2.53. The molecule has 2 heteroatoms. The van der Waals surface area contributed by atoms with E-state index < -0.39 is 0 Å². The van der Waals surface area contributed by atoms with Crippen LogP contribution in [0.1, 0.15) is 39.5 Å². The summed E-state index contributed by atoms with van der Waals surface area (Å²) in [6.45, 7) is 6.50. The summed E-state index contributed by atoms with van der Waals surface area (Å²) in [4.78, 5) is 0. The van der Waals surface area contributed by atoms with E-state index in [0.29, 0.717) is 0 Å². The Labute approximate surface area is 81.3 Å². The highest BCUT2D eigenvalue weighted by molar-refractivity contribution is 5.01. The molecule has 0 saturated carbocycles. The Kier molecular flexibility index (Phi) is 3.74. The number of hydrogen-bond acceptors (Lipinski definition) is 2. The molecule has 13 heavy (non-hydrogen) atoms. The minimum Gasteiger partial charge on any atom is -0.317 e. The predicted molar refractivity (Wildman–Crippen MR) is 54.2 cm³/mol. The highest BCUT2D eigenvalue weighted by atomic mass is 14.9. The molecule has 1 aliphatic heterocycles. The van der Waals surface area contributed by atoms with E-state index in [-0.39, 0.29) is 5.41 Å². The van der Waals surface area contributed by atoms with E-state index >= 15 is 0 Å². The second-order valence-electron chi connectivity index (χ2n) is 4.57. The molecular weight excluding hydrogens is 160 g/mol.